The monoisotopic (exact) mass is 473 g/mol. The Bertz CT molecular complexity index is 1220. The number of halogens is 1. The van der Waals surface area contributed by atoms with Crippen molar-refractivity contribution in [3.05, 3.63) is 59.4 Å². The second kappa shape index (κ2) is 9.40. The maximum Gasteiger partial charge on any atom is 0.243 e. The molecule has 8 nitrogen and oxygen atoms in total. The fourth-order valence-corrected chi connectivity index (χ4v) is 4.96. The molecule has 10 heteroatoms. The molecule has 0 saturated heterocycles. The number of hydrogen-bond donors (Lipinski definition) is 1. The zero-order valence-corrected chi connectivity index (χ0v) is 19.2. The van der Waals surface area contributed by atoms with E-state index >= 15 is 0 Å². The van der Waals surface area contributed by atoms with E-state index in [1.54, 1.807) is 6.07 Å². The Labute approximate surface area is 192 Å². The fraction of sp³-hybridized carbons (Fsp3) is 0.318. The van der Waals surface area contributed by atoms with Crippen molar-refractivity contribution in [2.75, 3.05) is 18.9 Å². The van der Waals surface area contributed by atoms with Crippen LogP contribution in [0.1, 0.15) is 25.1 Å². The van der Waals surface area contributed by atoms with Crippen molar-refractivity contribution in [1.29, 1.82) is 0 Å². The lowest BCUT2D eigenvalue weighted by atomic mass is 10.2. The van der Waals surface area contributed by atoms with Crippen LogP contribution in [0.25, 0.3) is 11.4 Å². The number of carbonyl (C=O) groups is 1. The van der Waals surface area contributed by atoms with Crippen molar-refractivity contribution in [2.45, 2.75) is 37.1 Å². The molecule has 1 aliphatic heterocycles. The highest BCUT2D eigenvalue weighted by molar-refractivity contribution is 7.89. The van der Waals surface area contributed by atoms with Crippen LogP contribution in [0, 0.1) is 0 Å². The number of fused-ring (bicyclic) bond motifs is 1. The predicted octanol–water partition coefficient (Wildman–Crippen LogP) is 3.58. The number of rotatable bonds is 6. The Hall–Kier alpha value is -2.75. The maximum absolute atomic E-state index is 12.7. The molecule has 2 aromatic carbocycles. The number of aromatic nitrogens is 3. The van der Waals surface area contributed by atoms with Crippen LogP contribution in [0.5, 0.6) is 0 Å². The first-order chi connectivity index (χ1) is 15.3. The average molecular weight is 474 g/mol. The summed E-state index contributed by atoms with van der Waals surface area (Å²) >= 11 is 5.83. The minimum absolute atomic E-state index is 0.0756. The Morgan fingerprint density at radius 2 is 1.91 bits per heavy atom. The second-order valence-corrected chi connectivity index (χ2v) is 10.2. The van der Waals surface area contributed by atoms with E-state index in [1.807, 2.05) is 18.2 Å². The molecule has 0 fully saturated rings. The van der Waals surface area contributed by atoms with Gasteiger partial charge >= 0.3 is 0 Å². The lowest BCUT2D eigenvalue weighted by Gasteiger charge is -2.17. The van der Waals surface area contributed by atoms with Gasteiger partial charge in [0, 0.05) is 36.3 Å². The quantitative estimate of drug-likeness (QED) is 0.590. The van der Waals surface area contributed by atoms with Gasteiger partial charge in [-0.25, -0.2) is 8.42 Å². The normalized spacial score (nSPS) is 14.1. The number of amides is 1. The molecular formula is C22H24ClN5O3S. The van der Waals surface area contributed by atoms with Crippen LogP contribution in [0.2, 0.25) is 5.02 Å². The molecule has 0 atom stereocenters. The third-order valence-corrected chi connectivity index (χ3v) is 7.47. The smallest absolute Gasteiger partial charge is 0.243 e. The molecule has 0 spiro atoms. The van der Waals surface area contributed by atoms with Gasteiger partial charge in [0.25, 0.3) is 0 Å². The average Bonchev–Trinajstić information content (AvgIpc) is 3.02. The lowest BCUT2D eigenvalue weighted by Crippen LogP contribution is -2.34. The number of nitrogens with one attached hydrogen (secondary N) is 1. The molecule has 32 heavy (non-hydrogen) atoms. The van der Waals surface area contributed by atoms with E-state index in [0.717, 1.165) is 47.3 Å². The van der Waals surface area contributed by atoms with Crippen molar-refractivity contribution in [2.24, 2.45) is 0 Å². The predicted molar refractivity (Wildman–Crippen MR) is 123 cm³/mol. The van der Waals surface area contributed by atoms with E-state index in [4.69, 9.17) is 11.6 Å². The molecule has 4 rings (SSSR count). The molecule has 1 aromatic heterocycles. The van der Waals surface area contributed by atoms with E-state index in [2.05, 4.69) is 20.1 Å². The molecule has 1 amide bonds. The topological polar surface area (TPSA) is 97.2 Å². The Morgan fingerprint density at radius 1 is 1.12 bits per heavy atom. The number of aryl methyl sites for hydroxylation is 1. The third-order valence-electron chi connectivity index (χ3n) is 5.40. The molecule has 0 radical (unpaired) electrons. The van der Waals surface area contributed by atoms with Crippen molar-refractivity contribution in [3.63, 3.8) is 0 Å². The summed E-state index contributed by atoms with van der Waals surface area (Å²) < 4.78 is 28.5. The summed E-state index contributed by atoms with van der Waals surface area (Å²) in [5.41, 5.74) is 1.42. The highest BCUT2D eigenvalue weighted by Gasteiger charge is 2.23. The van der Waals surface area contributed by atoms with Crippen LogP contribution >= 0.6 is 11.6 Å². The Kier molecular flexibility index (Phi) is 6.59. The SMILES string of the molecule is CN(CC(=O)Nc1cccc(-c2nnc3n2CCCCC3)c1)S(=O)(=O)c1ccc(Cl)cc1. The van der Waals surface area contributed by atoms with Gasteiger partial charge in [0.2, 0.25) is 15.9 Å². The Morgan fingerprint density at radius 3 is 2.69 bits per heavy atom. The number of sulfonamides is 1. The number of nitrogens with zero attached hydrogens (tertiary/aromatic N) is 4. The van der Waals surface area contributed by atoms with Crippen LogP contribution in [-0.2, 0) is 27.8 Å². The standard InChI is InChI=1S/C22H24ClN5O3S/c1-27(32(30,31)19-11-9-17(23)10-12-19)15-21(29)24-18-7-5-6-16(14-18)22-26-25-20-8-3-2-4-13-28(20)22/h5-7,9-12,14H,2-4,8,13,15H2,1H3,(H,24,29). The Balaban J connectivity index is 1.46. The first kappa shape index (κ1) is 22.4. The van der Waals surface area contributed by atoms with Gasteiger partial charge in [0.1, 0.15) is 5.82 Å². The molecule has 1 aliphatic rings. The molecule has 0 unspecified atom stereocenters. The van der Waals surface area contributed by atoms with Crippen molar-refractivity contribution in [3.8, 4) is 11.4 Å². The third kappa shape index (κ3) is 4.85. The molecule has 1 N–H and O–H groups in total. The number of likely N-dealkylation sites (N-methyl/N-ethyl adjacent to an activating group) is 1. The highest BCUT2D eigenvalue weighted by atomic mass is 35.5. The van der Waals surface area contributed by atoms with Gasteiger partial charge in [-0.3, -0.25) is 4.79 Å². The van der Waals surface area contributed by atoms with E-state index in [9.17, 15) is 13.2 Å². The first-order valence-corrected chi connectivity index (χ1v) is 12.2. The summed E-state index contributed by atoms with van der Waals surface area (Å²) in [5, 5.41) is 11.9. The van der Waals surface area contributed by atoms with Crippen molar-refractivity contribution < 1.29 is 13.2 Å². The van der Waals surface area contributed by atoms with Crippen LogP contribution in [0.15, 0.2) is 53.4 Å². The molecule has 0 saturated carbocycles. The van der Waals surface area contributed by atoms with E-state index in [-0.39, 0.29) is 11.4 Å². The molecule has 0 bridgehead atoms. The lowest BCUT2D eigenvalue weighted by molar-refractivity contribution is -0.116. The molecule has 0 aliphatic carbocycles. The highest BCUT2D eigenvalue weighted by Crippen LogP contribution is 2.25. The molecule has 2 heterocycles. The minimum Gasteiger partial charge on any atom is -0.325 e. The van der Waals surface area contributed by atoms with Gasteiger partial charge in [-0.15, -0.1) is 10.2 Å². The number of carbonyl (C=O) groups excluding carboxylic acids is 1. The van der Waals surface area contributed by atoms with Crippen molar-refractivity contribution >= 4 is 33.2 Å². The summed E-state index contributed by atoms with van der Waals surface area (Å²) in [4.78, 5) is 12.6. The minimum atomic E-state index is -3.81. The first-order valence-electron chi connectivity index (χ1n) is 10.4. The fourth-order valence-electron chi connectivity index (χ4n) is 3.71. The van der Waals surface area contributed by atoms with Crippen LogP contribution in [0.4, 0.5) is 5.69 Å². The number of benzene rings is 2. The van der Waals surface area contributed by atoms with Crippen molar-refractivity contribution in [1.82, 2.24) is 19.1 Å². The largest absolute Gasteiger partial charge is 0.325 e. The zero-order valence-electron chi connectivity index (χ0n) is 17.7. The van der Waals surface area contributed by atoms with E-state index < -0.39 is 15.9 Å². The van der Waals surface area contributed by atoms with Gasteiger partial charge in [-0.05, 0) is 49.2 Å². The molecule has 3 aromatic rings. The summed E-state index contributed by atoms with van der Waals surface area (Å²) in [7, 11) is -2.44. The summed E-state index contributed by atoms with van der Waals surface area (Å²) in [6.45, 7) is 0.553. The molecule has 168 valence electrons. The number of anilines is 1. The number of hydrogen-bond acceptors (Lipinski definition) is 5. The maximum atomic E-state index is 12.7. The summed E-state index contributed by atoms with van der Waals surface area (Å²) in [5.74, 6) is 1.32. The second-order valence-electron chi connectivity index (χ2n) is 7.75. The van der Waals surface area contributed by atoms with Gasteiger partial charge < -0.3 is 9.88 Å². The van der Waals surface area contributed by atoms with Crippen LogP contribution < -0.4 is 5.32 Å². The van der Waals surface area contributed by atoms with Crippen LogP contribution in [0.3, 0.4) is 0 Å². The van der Waals surface area contributed by atoms with Gasteiger partial charge in [-0.2, -0.15) is 4.31 Å². The van der Waals surface area contributed by atoms with Gasteiger partial charge in [0.05, 0.1) is 11.4 Å². The van der Waals surface area contributed by atoms with Gasteiger partial charge in [0.15, 0.2) is 5.82 Å². The summed E-state index contributed by atoms with van der Waals surface area (Å²) in [6, 6.07) is 13.2. The summed E-state index contributed by atoms with van der Waals surface area (Å²) in [6.07, 6.45) is 4.28. The van der Waals surface area contributed by atoms with E-state index in [1.165, 1.54) is 37.7 Å². The molecular weight excluding hydrogens is 450 g/mol. The zero-order chi connectivity index (χ0) is 22.7. The van der Waals surface area contributed by atoms with Gasteiger partial charge in [-0.1, -0.05) is 30.2 Å². The van der Waals surface area contributed by atoms with Crippen LogP contribution in [-0.4, -0.2) is 47.0 Å². The van der Waals surface area contributed by atoms with E-state index in [0.29, 0.717) is 10.7 Å².